The molecule has 1 amide bonds. The van der Waals surface area contributed by atoms with Gasteiger partial charge in [0.25, 0.3) is 0 Å². The third-order valence-electron chi connectivity index (χ3n) is 6.39. The third-order valence-corrected chi connectivity index (χ3v) is 6.39. The van der Waals surface area contributed by atoms with E-state index in [1.54, 1.807) is 0 Å². The van der Waals surface area contributed by atoms with E-state index >= 15 is 0 Å². The molecule has 0 radical (unpaired) electrons. The number of piperazine rings is 1. The first-order valence-electron chi connectivity index (χ1n) is 10.8. The van der Waals surface area contributed by atoms with Crippen LogP contribution in [-0.2, 0) is 11.2 Å². The molecule has 0 bridgehead atoms. The van der Waals surface area contributed by atoms with Crippen molar-refractivity contribution in [3.63, 3.8) is 0 Å². The van der Waals surface area contributed by atoms with Crippen LogP contribution in [0.3, 0.4) is 0 Å². The summed E-state index contributed by atoms with van der Waals surface area (Å²) in [6.45, 7) is 4.43. The van der Waals surface area contributed by atoms with Gasteiger partial charge in [0, 0.05) is 37.9 Å². The van der Waals surface area contributed by atoms with Crippen molar-refractivity contribution in [3.05, 3.63) is 60.2 Å². The molecule has 2 atom stereocenters. The fourth-order valence-corrected chi connectivity index (χ4v) is 4.67. The Kier molecular flexibility index (Phi) is 5.15. The topological polar surface area (TPSA) is 44.8 Å². The largest absolute Gasteiger partial charge is 0.492 e. The van der Waals surface area contributed by atoms with Crippen LogP contribution in [0, 0.1) is 5.92 Å². The zero-order valence-corrected chi connectivity index (χ0v) is 16.8. The zero-order valence-electron chi connectivity index (χ0n) is 16.8. The molecule has 1 saturated heterocycles. The molecule has 5 heteroatoms. The van der Waals surface area contributed by atoms with Gasteiger partial charge in [0.05, 0.1) is 12.0 Å². The SMILES string of the molecule is O=C(NC1CC1)C1Cc2ccccc2N2CCN(CCOc3ccccc3)CC12. The van der Waals surface area contributed by atoms with Gasteiger partial charge in [-0.25, -0.2) is 0 Å². The Hall–Kier alpha value is -2.53. The third kappa shape index (κ3) is 4.10. The van der Waals surface area contributed by atoms with E-state index in [2.05, 4.69) is 39.4 Å². The molecule has 5 rings (SSSR count). The molecule has 5 nitrogen and oxygen atoms in total. The maximum Gasteiger partial charge on any atom is 0.225 e. The molecule has 3 aliphatic rings. The number of ether oxygens (including phenoxy) is 1. The number of nitrogens with zero attached hydrogens (tertiary/aromatic N) is 2. The van der Waals surface area contributed by atoms with Crippen LogP contribution >= 0.6 is 0 Å². The Bertz CT molecular complexity index is 852. The number of hydrogen-bond donors (Lipinski definition) is 1. The summed E-state index contributed by atoms with van der Waals surface area (Å²) in [4.78, 5) is 18.0. The van der Waals surface area contributed by atoms with Crippen LogP contribution in [-0.4, -0.2) is 55.7 Å². The van der Waals surface area contributed by atoms with Crippen molar-refractivity contribution in [1.82, 2.24) is 10.2 Å². The van der Waals surface area contributed by atoms with Crippen molar-refractivity contribution in [1.29, 1.82) is 0 Å². The number of hydrogen-bond acceptors (Lipinski definition) is 4. The highest BCUT2D eigenvalue weighted by atomic mass is 16.5. The van der Waals surface area contributed by atoms with Gasteiger partial charge in [-0.15, -0.1) is 0 Å². The summed E-state index contributed by atoms with van der Waals surface area (Å²) in [5.74, 6) is 1.17. The van der Waals surface area contributed by atoms with Gasteiger partial charge >= 0.3 is 0 Å². The van der Waals surface area contributed by atoms with Crippen LogP contribution in [0.25, 0.3) is 0 Å². The Balaban J connectivity index is 1.27. The second-order valence-electron chi connectivity index (χ2n) is 8.45. The highest BCUT2D eigenvalue weighted by Gasteiger charge is 2.42. The van der Waals surface area contributed by atoms with E-state index in [0.717, 1.165) is 51.2 Å². The summed E-state index contributed by atoms with van der Waals surface area (Å²) >= 11 is 0. The summed E-state index contributed by atoms with van der Waals surface area (Å²) in [7, 11) is 0. The fourth-order valence-electron chi connectivity index (χ4n) is 4.67. The molecule has 2 aromatic carbocycles. The van der Waals surface area contributed by atoms with Crippen molar-refractivity contribution in [3.8, 4) is 5.75 Å². The van der Waals surface area contributed by atoms with Gasteiger partial charge in [-0.2, -0.15) is 0 Å². The summed E-state index contributed by atoms with van der Waals surface area (Å²) in [5.41, 5.74) is 2.62. The number of nitrogens with one attached hydrogen (secondary N) is 1. The number of carbonyl (C=O) groups excluding carboxylic acids is 1. The Morgan fingerprint density at radius 2 is 1.83 bits per heavy atom. The van der Waals surface area contributed by atoms with Crippen LogP contribution in [0.1, 0.15) is 18.4 Å². The summed E-state index contributed by atoms with van der Waals surface area (Å²) in [6, 6.07) is 19.2. The van der Waals surface area contributed by atoms with E-state index in [4.69, 9.17) is 4.74 Å². The number of carbonyl (C=O) groups is 1. The number of amides is 1. The lowest BCUT2D eigenvalue weighted by Crippen LogP contribution is -2.61. The second kappa shape index (κ2) is 8.07. The Morgan fingerprint density at radius 1 is 1.03 bits per heavy atom. The molecule has 2 unspecified atom stereocenters. The minimum Gasteiger partial charge on any atom is -0.492 e. The molecule has 0 aromatic heterocycles. The molecule has 2 fully saturated rings. The lowest BCUT2D eigenvalue weighted by atomic mass is 9.83. The summed E-state index contributed by atoms with van der Waals surface area (Å²) < 4.78 is 5.90. The standard InChI is InChI=1S/C24H29N3O2/c28-24(25-19-10-11-19)21-16-18-6-4-5-9-22(18)27-13-12-26(17-23(21)27)14-15-29-20-7-2-1-3-8-20/h1-9,19,21,23H,10-17H2,(H,25,28). The van der Waals surface area contributed by atoms with Gasteiger partial charge in [0.15, 0.2) is 0 Å². The van der Waals surface area contributed by atoms with Crippen LogP contribution in [0.4, 0.5) is 5.69 Å². The average molecular weight is 392 g/mol. The second-order valence-corrected chi connectivity index (χ2v) is 8.45. The first-order valence-corrected chi connectivity index (χ1v) is 10.8. The minimum atomic E-state index is 0.0170. The summed E-state index contributed by atoms with van der Waals surface area (Å²) in [5, 5.41) is 3.26. The summed E-state index contributed by atoms with van der Waals surface area (Å²) in [6.07, 6.45) is 3.10. The van der Waals surface area contributed by atoms with E-state index in [1.807, 2.05) is 30.3 Å². The molecule has 152 valence electrons. The smallest absolute Gasteiger partial charge is 0.225 e. The average Bonchev–Trinajstić information content (AvgIpc) is 3.58. The highest BCUT2D eigenvalue weighted by Crippen LogP contribution is 2.36. The number of benzene rings is 2. The van der Waals surface area contributed by atoms with Crippen LogP contribution in [0.5, 0.6) is 5.75 Å². The van der Waals surface area contributed by atoms with Gasteiger partial charge in [0.2, 0.25) is 5.91 Å². The van der Waals surface area contributed by atoms with Crippen LogP contribution in [0.2, 0.25) is 0 Å². The van der Waals surface area contributed by atoms with Crippen molar-refractivity contribution in [2.24, 2.45) is 5.92 Å². The molecule has 2 aliphatic heterocycles. The molecule has 29 heavy (non-hydrogen) atoms. The van der Waals surface area contributed by atoms with Gasteiger partial charge in [-0.3, -0.25) is 9.69 Å². The number of anilines is 1. The molecule has 1 saturated carbocycles. The monoisotopic (exact) mass is 391 g/mol. The lowest BCUT2D eigenvalue weighted by molar-refractivity contribution is -0.126. The van der Waals surface area contributed by atoms with Gasteiger partial charge in [-0.05, 0) is 43.0 Å². The van der Waals surface area contributed by atoms with E-state index in [-0.39, 0.29) is 17.9 Å². The number of fused-ring (bicyclic) bond motifs is 3. The van der Waals surface area contributed by atoms with Crippen LogP contribution in [0.15, 0.2) is 54.6 Å². The molecule has 0 spiro atoms. The molecule has 2 heterocycles. The maximum atomic E-state index is 13.0. The van der Waals surface area contributed by atoms with E-state index in [0.29, 0.717) is 12.6 Å². The van der Waals surface area contributed by atoms with Gasteiger partial charge in [-0.1, -0.05) is 36.4 Å². The van der Waals surface area contributed by atoms with Crippen molar-refractivity contribution >= 4 is 11.6 Å². The molecule has 1 aliphatic carbocycles. The zero-order chi connectivity index (χ0) is 19.6. The number of rotatable bonds is 6. The maximum absolute atomic E-state index is 13.0. The van der Waals surface area contributed by atoms with Gasteiger partial charge in [0.1, 0.15) is 12.4 Å². The van der Waals surface area contributed by atoms with Crippen LogP contribution < -0.4 is 15.0 Å². The first-order chi connectivity index (χ1) is 14.3. The van der Waals surface area contributed by atoms with E-state index in [1.165, 1.54) is 11.3 Å². The van der Waals surface area contributed by atoms with Crippen molar-refractivity contribution in [2.75, 3.05) is 37.7 Å². The molecule has 2 aromatic rings. The molecule has 1 N–H and O–H groups in total. The minimum absolute atomic E-state index is 0.0170. The first kappa shape index (κ1) is 18.5. The fraction of sp³-hybridized carbons (Fsp3) is 0.458. The number of para-hydroxylation sites is 2. The lowest BCUT2D eigenvalue weighted by Gasteiger charge is -2.49. The Morgan fingerprint density at radius 3 is 2.66 bits per heavy atom. The van der Waals surface area contributed by atoms with E-state index in [9.17, 15) is 4.79 Å². The molecular formula is C24H29N3O2. The van der Waals surface area contributed by atoms with Crippen molar-refractivity contribution < 1.29 is 9.53 Å². The quantitative estimate of drug-likeness (QED) is 0.822. The normalized spacial score (nSPS) is 23.8. The predicted molar refractivity (Wildman–Crippen MR) is 114 cm³/mol. The Labute approximate surface area is 172 Å². The molecular weight excluding hydrogens is 362 g/mol. The van der Waals surface area contributed by atoms with Crippen molar-refractivity contribution in [2.45, 2.75) is 31.3 Å². The highest BCUT2D eigenvalue weighted by molar-refractivity contribution is 5.82. The van der Waals surface area contributed by atoms with Gasteiger partial charge < -0.3 is 15.0 Å². The van der Waals surface area contributed by atoms with E-state index < -0.39 is 0 Å². The predicted octanol–water partition coefficient (Wildman–Crippen LogP) is 2.71.